The summed E-state index contributed by atoms with van der Waals surface area (Å²) in [4.78, 5) is 11.8. The lowest BCUT2D eigenvalue weighted by Gasteiger charge is -2.25. The second kappa shape index (κ2) is 6.11. The third-order valence-electron chi connectivity index (χ3n) is 1.85. The molecular weight excluding hydrogens is 190 g/mol. The first-order valence-electron chi connectivity index (χ1n) is 5.72. The third-order valence-corrected chi connectivity index (χ3v) is 1.85. The summed E-state index contributed by atoms with van der Waals surface area (Å²) in [5, 5.41) is 3.16. The summed E-state index contributed by atoms with van der Waals surface area (Å²) < 4.78 is 5.35. The highest BCUT2D eigenvalue weighted by Gasteiger charge is 2.24. The minimum atomic E-state index is -0.401. The molecule has 90 valence electrons. The van der Waals surface area contributed by atoms with Crippen LogP contribution in [0, 0.1) is 5.92 Å². The van der Waals surface area contributed by atoms with Crippen molar-refractivity contribution in [2.45, 2.75) is 59.6 Å². The van der Waals surface area contributed by atoms with E-state index >= 15 is 0 Å². The minimum Gasteiger partial charge on any atom is -0.459 e. The Bertz CT molecular complexity index is 194. The lowest BCUT2D eigenvalue weighted by Crippen LogP contribution is -2.42. The summed E-state index contributed by atoms with van der Waals surface area (Å²) in [6.45, 7) is 12.7. The van der Waals surface area contributed by atoms with Gasteiger partial charge in [0, 0.05) is 0 Å². The van der Waals surface area contributed by atoms with E-state index in [9.17, 15) is 4.79 Å². The average Bonchev–Trinajstić information content (AvgIpc) is 1.99. The number of hydrogen-bond acceptors (Lipinski definition) is 3. The van der Waals surface area contributed by atoms with Gasteiger partial charge in [-0.2, -0.15) is 0 Å². The van der Waals surface area contributed by atoms with Gasteiger partial charge in [0.2, 0.25) is 0 Å². The molecule has 1 unspecified atom stereocenters. The highest BCUT2D eigenvalue weighted by molar-refractivity contribution is 5.76. The van der Waals surface area contributed by atoms with Gasteiger partial charge in [-0.05, 0) is 39.7 Å². The molecule has 0 aromatic rings. The van der Waals surface area contributed by atoms with E-state index in [0.717, 1.165) is 13.0 Å². The number of ether oxygens (including phenoxy) is 1. The van der Waals surface area contributed by atoms with Crippen LogP contribution in [0.15, 0.2) is 0 Å². The first-order chi connectivity index (χ1) is 6.76. The molecule has 3 nitrogen and oxygen atoms in total. The van der Waals surface area contributed by atoms with E-state index in [1.165, 1.54) is 0 Å². The van der Waals surface area contributed by atoms with Gasteiger partial charge in [0.1, 0.15) is 11.6 Å². The Hall–Kier alpha value is -0.570. The third kappa shape index (κ3) is 7.37. The van der Waals surface area contributed by atoms with E-state index in [4.69, 9.17) is 4.74 Å². The van der Waals surface area contributed by atoms with Crippen molar-refractivity contribution in [3.05, 3.63) is 0 Å². The van der Waals surface area contributed by atoms with Crippen LogP contribution in [-0.2, 0) is 9.53 Å². The Kier molecular flexibility index (Phi) is 5.88. The summed E-state index contributed by atoms with van der Waals surface area (Å²) in [6.07, 6.45) is 0.822. The van der Waals surface area contributed by atoms with Crippen molar-refractivity contribution in [1.82, 2.24) is 5.32 Å². The zero-order valence-electron chi connectivity index (χ0n) is 10.9. The van der Waals surface area contributed by atoms with Crippen LogP contribution < -0.4 is 5.32 Å². The van der Waals surface area contributed by atoms with Crippen molar-refractivity contribution < 1.29 is 9.53 Å². The normalized spacial score (nSPS) is 14.1. The molecule has 0 radical (unpaired) electrons. The lowest BCUT2D eigenvalue weighted by atomic mass is 10.0. The van der Waals surface area contributed by atoms with Crippen molar-refractivity contribution in [2.24, 2.45) is 5.92 Å². The van der Waals surface area contributed by atoms with Crippen molar-refractivity contribution >= 4 is 5.97 Å². The molecule has 1 N–H and O–H groups in total. The molecule has 0 saturated heterocycles. The standard InChI is InChI=1S/C12H25NO2/c1-7-13-10(8-9(2)3)11(14)15-12(4,5)6/h9-10,13H,7-8H2,1-6H3. The largest absolute Gasteiger partial charge is 0.459 e. The molecule has 1 atom stereocenters. The van der Waals surface area contributed by atoms with Gasteiger partial charge in [-0.25, -0.2) is 0 Å². The molecule has 15 heavy (non-hydrogen) atoms. The number of nitrogens with one attached hydrogen (secondary N) is 1. The van der Waals surface area contributed by atoms with E-state index < -0.39 is 5.60 Å². The highest BCUT2D eigenvalue weighted by atomic mass is 16.6. The molecule has 0 saturated carbocycles. The molecule has 0 rings (SSSR count). The van der Waals surface area contributed by atoms with Gasteiger partial charge in [0.05, 0.1) is 0 Å². The van der Waals surface area contributed by atoms with E-state index in [1.807, 2.05) is 27.7 Å². The first kappa shape index (κ1) is 14.4. The number of esters is 1. The number of carbonyl (C=O) groups excluding carboxylic acids is 1. The van der Waals surface area contributed by atoms with Crippen LogP contribution in [0.25, 0.3) is 0 Å². The van der Waals surface area contributed by atoms with Crippen LogP contribution in [0.1, 0.15) is 48.0 Å². The van der Waals surface area contributed by atoms with Gasteiger partial charge in [0.25, 0.3) is 0 Å². The Morgan fingerprint density at radius 3 is 2.20 bits per heavy atom. The zero-order valence-corrected chi connectivity index (χ0v) is 10.9. The fraction of sp³-hybridized carbons (Fsp3) is 0.917. The maximum Gasteiger partial charge on any atom is 0.323 e. The fourth-order valence-electron chi connectivity index (χ4n) is 1.35. The summed E-state index contributed by atoms with van der Waals surface area (Å²) in [7, 11) is 0. The molecule has 0 aromatic carbocycles. The number of rotatable bonds is 5. The topological polar surface area (TPSA) is 38.3 Å². The summed E-state index contributed by atoms with van der Waals surface area (Å²) in [6, 6.07) is -0.172. The number of carbonyl (C=O) groups is 1. The predicted octanol–water partition coefficient (Wildman–Crippen LogP) is 2.35. The maximum atomic E-state index is 11.8. The smallest absolute Gasteiger partial charge is 0.323 e. The van der Waals surface area contributed by atoms with E-state index in [2.05, 4.69) is 19.2 Å². The number of likely N-dealkylation sites (N-methyl/N-ethyl adjacent to an activating group) is 1. The van der Waals surface area contributed by atoms with Crippen LogP contribution in [0.3, 0.4) is 0 Å². The van der Waals surface area contributed by atoms with Crippen molar-refractivity contribution in [3.8, 4) is 0 Å². The van der Waals surface area contributed by atoms with Crippen LogP contribution in [-0.4, -0.2) is 24.2 Å². The molecule has 0 bridgehead atoms. The zero-order chi connectivity index (χ0) is 12.1. The molecule has 0 aliphatic carbocycles. The van der Waals surface area contributed by atoms with Gasteiger partial charge in [-0.1, -0.05) is 20.8 Å². The van der Waals surface area contributed by atoms with Gasteiger partial charge < -0.3 is 10.1 Å². The molecule has 0 aliphatic rings. The summed E-state index contributed by atoms with van der Waals surface area (Å²) >= 11 is 0. The summed E-state index contributed by atoms with van der Waals surface area (Å²) in [5.74, 6) is 0.347. The van der Waals surface area contributed by atoms with Crippen molar-refractivity contribution in [2.75, 3.05) is 6.54 Å². The minimum absolute atomic E-state index is 0.141. The second-order valence-corrected chi connectivity index (χ2v) is 5.27. The van der Waals surface area contributed by atoms with Crippen LogP contribution in [0.5, 0.6) is 0 Å². The Balaban J connectivity index is 4.28. The first-order valence-corrected chi connectivity index (χ1v) is 5.72. The van der Waals surface area contributed by atoms with Gasteiger partial charge in [-0.3, -0.25) is 4.79 Å². The Morgan fingerprint density at radius 1 is 1.33 bits per heavy atom. The monoisotopic (exact) mass is 215 g/mol. The Labute approximate surface area is 93.6 Å². The van der Waals surface area contributed by atoms with Crippen LogP contribution in [0.2, 0.25) is 0 Å². The molecule has 0 fully saturated rings. The molecule has 0 aromatic heterocycles. The Morgan fingerprint density at radius 2 is 1.87 bits per heavy atom. The summed E-state index contributed by atoms with van der Waals surface area (Å²) in [5.41, 5.74) is -0.401. The van der Waals surface area contributed by atoms with Crippen LogP contribution >= 0.6 is 0 Å². The van der Waals surface area contributed by atoms with E-state index in [0.29, 0.717) is 5.92 Å². The average molecular weight is 215 g/mol. The molecule has 0 heterocycles. The molecule has 0 spiro atoms. The highest BCUT2D eigenvalue weighted by Crippen LogP contribution is 2.12. The molecule has 3 heteroatoms. The maximum absolute atomic E-state index is 11.8. The van der Waals surface area contributed by atoms with Gasteiger partial charge in [-0.15, -0.1) is 0 Å². The van der Waals surface area contributed by atoms with Crippen LogP contribution in [0.4, 0.5) is 0 Å². The fourth-order valence-corrected chi connectivity index (χ4v) is 1.35. The van der Waals surface area contributed by atoms with Crippen molar-refractivity contribution in [3.63, 3.8) is 0 Å². The van der Waals surface area contributed by atoms with Crippen molar-refractivity contribution in [1.29, 1.82) is 0 Å². The molecule has 0 amide bonds. The van der Waals surface area contributed by atoms with Gasteiger partial charge >= 0.3 is 5.97 Å². The van der Waals surface area contributed by atoms with Gasteiger partial charge in [0.15, 0.2) is 0 Å². The molecule has 0 aliphatic heterocycles. The van der Waals surface area contributed by atoms with E-state index in [1.54, 1.807) is 0 Å². The SMILES string of the molecule is CCNC(CC(C)C)C(=O)OC(C)(C)C. The lowest BCUT2D eigenvalue weighted by molar-refractivity contribution is -0.157. The quantitative estimate of drug-likeness (QED) is 0.715. The number of hydrogen-bond donors (Lipinski definition) is 1. The molecular formula is C12H25NO2. The predicted molar refractivity (Wildman–Crippen MR) is 62.8 cm³/mol. The second-order valence-electron chi connectivity index (χ2n) is 5.27. The van der Waals surface area contributed by atoms with E-state index in [-0.39, 0.29) is 12.0 Å².